The molecule has 0 aromatic carbocycles. The predicted octanol–water partition coefficient (Wildman–Crippen LogP) is 0.0819. The smallest absolute Gasteiger partial charge is 0.225 e. The average Bonchev–Trinajstić information content (AvgIpc) is 2.14. The third-order valence-electron chi connectivity index (χ3n) is 2.24. The fourth-order valence-electron chi connectivity index (χ4n) is 1.08. The van der Waals surface area contributed by atoms with E-state index in [4.69, 9.17) is 17.2 Å². The molecule has 0 amide bonds. The summed E-state index contributed by atoms with van der Waals surface area (Å²) in [6.07, 6.45) is 0.951. The fraction of sp³-hybridized carbons (Fsp3) is 0.625. The number of hydrogen-bond donors (Lipinski definition) is 3. The SMILES string of the molecule is CC[C@H](C)[C@H](N)c1nc(N)nc(N)n1. The second-order valence-electron chi connectivity index (χ2n) is 3.32. The Balaban J connectivity index is 2.94. The highest BCUT2D eigenvalue weighted by molar-refractivity contribution is 5.26. The molecule has 1 aromatic heterocycles. The first-order valence-corrected chi connectivity index (χ1v) is 4.57. The maximum Gasteiger partial charge on any atom is 0.225 e. The molecule has 0 saturated carbocycles. The molecule has 0 radical (unpaired) electrons. The van der Waals surface area contributed by atoms with Crippen LogP contribution in [-0.4, -0.2) is 15.0 Å². The molecule has 14 heavy (non-hydrogen) atoms. The van der Waals surface area contributed by atoms with Crippen LogP contribution in [0.5, 0.6) is 0 Å². The summed E-state index contributed by atoms with van der Waals surface area (Å²) in [5.41, 5.74) is 16.8. The molecule has 0 aliphatic carbocycles. The second-order valence-corrected chi connectivity index (χ2v) is 3.32. The highest BCUT2D eigenvalue weighted by Crippen LogP contribution is 2.19. The van der Waals surface area contributed by atoms with Crippen molar-refractivity contribution in [1.29, 1.82) is 0 Å². The first-order chi connectivity index (χ1) is 6.54. The molecule has 0 fully saturated rings. The quantitative estimate of drug-likeness (QED) is 0.630. The summed E-state index contributed by atoms with van der Waals surface area (Å²) in [5, 5.41) is 0. The van der Waals surface area contributed by atoms with Gasteiger partial charge in [-0.15, -0.1) is 0 Å². The summed E-state index contributed by atoms with van der Waals surface area (Å²) in [4.78, 5) is 11.6. The topological polar surface area (TPSA) is 117 Å². The van der Waals surface area contributed by atoms with Crippen molar-refractivity contribution in [1.82, 2.24) is 15.0 Å². The van der Waals surface area contributed by atoms with Crippen LogP contribution in [0.25, 0.3) is 0 Å². The van der Waals surface area contributed by atoms with Crippen molar-refractivity contribution in [2.45, 2.75) is 26.3 Å². The Hall–Kier alpha value is -1.43. The van der Waals surface area contributed by atoms with E-state index in [-0.39, 0.29) is 23.9 Å². The maximum atomic E-state index is 5.92. The van der Waals surface area contributed by atoms with Crippen molar-refractivity contribution < 1.29 is 0 Å². The number of nitrogen functional groups attached to an aromatic ring is 2. The highest BCUT2D eigenvalue weighted by Gasteiger charge is 2.17. The Morgan fingerprint density at radius 3 is 2.07 bits per heavy atom. The zero-order valence-electron chi connectivity index (χ0n) is 8.44. The first-order valence-electron chi connectivity index (χ1n) is 4.57. The average molecular weight is 196 g/mol. The minimum atomic E-state index is -0.243. The number of anilines is 2. The van der Waals surface area contributed by atoms with E-state index in [0.29, 0.717) is 5.82 Å². The van der Waals surface area contributed by atoms with Gasteiger partial charge in [0.1, 0.15) is 0 Å². The highest BCUT2D eigenvalue weighted by atomic mass is 15.1. The van der Waals surface area contributed by atoms with Gasteiger partial charge >= 0.3 is 0 Å². The van der Waals surface area contributed by atoms with Crippen LogP contribution in [0.15, 0.2) is 0 Å². The van der Waals surface area contributed by atoms with Gasteiger partial charge in [-0.05, 0) is 5.92 Å². The molecule has 6 N–H and O–H groups in total. The van der Waals surface area contributed by atoms with E-state index in [0.717, 1.165) is 6.42 Å². The van der Waals surface area contributed by atoms with Crippen LogP contribution in [0, 0.1) is 5.92 Å². The zero-order valence-corrected chi connectivity index (χ0v) is 8.44. The second kappa shape index (κ2) is 4.19. The Kier molecular flexibility index (Phi) is 3.19. The van der Waals surface area contributed by atoms with Gasteiger partial charge in [0.15, 0.2) is 5.82 Å². The van der Waals surface area contributed by atoms with E-state index in [1.54, 1.807) is 0 Å². The number of nitrogens with zero attached hydrogens (tertiary/aromatic N) is 3. The van der Waals surface area contributed by atoms with Gasteiger partial charge in [-0.25, -0.2) is 0 Å². The molecular weight excluding hydrogens is 180 g/mol. The largest absolute Gasteiger partial charge is 0.368 e. The lowest BCUT2D eigenvalue weighted by Crippen LogP contribution is -2.22. The molecule has 1 rings (SSSR count). The van der Waals surface area contributed by atoms with Crippen LogP contribution < -0.4 is 17.2 Å². The van der Waals surface area contributed by atoms with Gasteiger partial charge in [0.25, 0.3) is 0 Å². The summed E-state index contributed by atoms with van der Waals surface area (Å²) in [6.45, 7) is 4.08. The lowest BCUT2D eigenvalue weighted by atomic mass is 10.00. The van der Waals surface area contributed by atoms with Gasteiger partial charge in [-0.3, -0.25) is 0 Å². The predicted molar refractivity (Wildman–Crippen MR) is 55.0 cm³/mol. The standard InChI is InChI=1S/C8H16N6/c1-3-4(2)5(9)6-12-7(10)14-8(11)13-6/h4-5H,3,9H2,1-2H3,(H4,10,11,12,13,14)/t4-,5-/m0/s1. The molecule has 0 aliphatic heterocycles. The molecular formula is C8H16N6. The van der Waals surface area contributed by atoms with E-state index >= 15 is 0 Å². The first kappa shape index (κ1) is 10.6. The fourth-order valence-corrected chi connectivity index (χ4v) is 1.08. The summed E-state index contributed by atoms with van der Waals surface area (Å²) < 4.78 is 0. The molecule has 6 nitrogen and oxygen atoms in total. The summed E-state index contributed by atoms with van der Waals surface area (Å²) in [5.74, 6) is 0.984. The van der Waals surface area contributed by atoms with E-state index in [1.807, 2.05) is 6.92 Å². The lowest BCUT2D eigenvalue weighted by Gasteiger charge is -2.16. The zero-order chi connectivity index (χ0) is 10.7. The van der Waals surface area contributed by atoms with E-state index in [2.05, 4.69) is 21.9 Å². The molecule has 0 spiro atoms. The number of nitrogens with two attached hydrogens (primary N) is 3. The molecule has 1 heterocycles. The monoisotopic (exact) mass is 196 g/mol. The number of rotatable bonds is 3. The molecule has 6 heteroatoms. The third-order valence-corrected chi connectivity index (χ3v) is 2.24. The van der Waals surface area contributed by atoms with Crippen LogP contribution in [0.4, 0.5) is 11.9 Å². The minimum Gasteiger partial charge on any atom is -0.368 e. The minimum absolute atomic E-state index is 0.117. The van der Waals surface area contributed by atoms with Crippen molar-refractivity contribution >= 4 is 11.9 Å². The lowest BCUT2D eigenvalue weighted by molar-refractivity contribution is 0.439. The van der Waals surface area contributed by atoms with Crippen LogP contribution in [0.2, 0.25) is 0 Å². The van der Waals surface area contributed by atoms with Gasteiger partial charge in [0, 0.05) is 0 Å². The Morgan fingerprint density at radius 2 is 1.64 bits per heavy atom. The Bertz CT molecular complexity index is 292. The normalized spacial score (nSPS) is 15.1. The molecule has 0 saturated heterocycles. The molecule has 0 unspecified atom stereocenters. The van der Waals surface area contributed by atoms with Gasteiger partial charge < -0.3 is 17.2 Å². The molecule has 78 valence electrons. The van der Waals surface area contributed by atoms with Gasteiger partial charge in [0.05, 0.1) is 6.04 Å². The van der Waals surface area contributed by atoms with Crippen molar-refractivity contribution in [3.8, 4) is 0 Å². The Morgan fingerprint density at radius 1 is 1.14 bits per heavy atom. The summed E-state index contributed by atoms with van der Waals surface area (Å²) >= 11 is 0. The number of aromatic nitrogens is 3. The molecule has 0 bridgehead atoms. The van der Waals surface area contributed by atoms with Crippen molar-refractivity contribution in [3.63, 3.8) is 0 Å². The van der Waals surface area contributed by atoms with Crippen molar-refractivity contribution in [2.24, 2.45) is 11.7 Å². The van der Waals surface area contributed by atoms with E-state index in [1.165, 1.54) is 0 Å². The van der Waals surface area contributed by atoms with Crippen LogP contribution in [-0.2, 0) is 0 Å². The van der Waals surface area contributed by atoms with E-state index in [9.17, 15) is 0 Å². The van der Waals surface area contributed by atoms with Crippen molar-refractivity contribution in [2.75, 3.05) is 11.5 Å². The summed E-state index contributed by atoms with van der Waals surface area (Å²) in [6, 6.07) is -0.243. The van der Waals surface area contributed by atoms with Crippen LogP contribution in [0.3, 0.4) is 0 Å². The molecule has 1 aromatic rings. The third kappa shape index (κ3) is 2.29. The van der Waals surface area contributed by atoms with Crippen LogP contribution >= 0.6 is 0 Å². The van der Waals surface area contributed by atoms with Crippen molar-refractivity contribution in [3.05, 3.63) is 5.82 Å². The Labute approximate surface area is 82.9 Å². The van der Waals surface area contributed by atoms with Gasteiger partial charge in [-0.2, -0.15) is 15.0 Å². The maximum absolute atomic E-state index is 5.92. The van der Waals surface area contributed by atoms with Gasteiger partial charge in [-0.1, -0.05) is 20.3 Å². The molecule has 0 aliphatic rings. The van der Waals surface area contributed by atoms with E-state index < -0.39 is 0 Å². The molecule has 2 atom stereocenters. The van der Waals surface area contributed by atoms with Gasteiger partial charge in [0.2, 0.25) is 11.9 Å². The summed E-state index contributed by atoms with van der Waals surface area (Å²) in [7, 11) is 0. The van der Waals surface area contributed by atoms with Crippen LogP contribution in [0.1, 0.15) is 32.1 Å². The number of hydrogen-bond acceptors (Lipinski definition) is 6.